The van der Waals surface area contributed by atoms with Gasteiger partial charge in [0, 0.05) is 10.5 Å². The number of benzene rings is 1. The number of carbonyl (C=O) groups excluding carboxylic acids is 2. The molecule has 4 nitrogen and oxygen atoms in total. The van der Waals surface area contributed by atoms with Crippen molar-refractivity contribution < 1.29 is 9.59 Å². The van der Waals surface area contributed by atoms with Gasteiger partial charge in [0.15, 0.2) is 0 Å². The van der Waals surface area contributed by atoms with Crippen molar-refractivity contribution in [1.82, 2.24) is 5.32 Å². The third kappa shape index (κ3) is 3.60. The first-order valence-electron chi connectivity index (χ1n) is 6.88. The highest BCUT2D eigenvalue weighted by molar-refractivity contribution is 9.10. The van der Waals surface area contributed by atoms with Gasteiger partial charge < -0.3 is 10.6 Å². The molecule has 1 aliphatic carbocycles. The van der Waals surface area contributed by atoms with Crippen molar-refractivity contribution in [3.63, 3.8) is 0 Å². The van der Waals surface area contributed by atoms with E-state index in [-0.39, 0.29) is 29.7 Å². The van der Waals surface area contributed by atoms with E-state index in [0.717, 1.165) is 16.6 Å². The highest BCUT2D eigenvalue weighted by Gasteiger charge is 2.48. The molecule has 3 unspecified atom stereocenters. The van der Waals surface area contributed by atoms with E-state index in [4.69, 9.17) is 0 Å². The second-order valence-electron chi connectivity index (χ2n) is 5.24. The highest BCUT2D eigenvalue weighted by Crippen LogP contribution is 2.40. The molecule has 0 spiro atoms. The second-order valence-corrected chi connectivity index (χ2v) is 6.09. The summed E-state index contributed by atoms with van der Waals surface area (Å²) in [6.45, 7) is 3.99. The summed E-state index contributed by atoms with van der Waals surface area (Å²) < 4.78 is 0.842. The zero-order valence-corrected chi connectivity index (χ0v) is 13.2. The smallest absolute Gasteiger partial charge is 0.228 e. The third-order valence-corrected chi connectivity index (χ3v) is 4.29. The van der Waals surface area contributed by atoms with E-state index in [1.165, 1.54) is 0 Å². The fourth-order valence-electron chi connectivity index (χ4n) is 2.01. The van der Waals surface area contributed by atoms with Gasteiger partial charge in [-0.25, -0.2) is 0 Å². The van der Waals surface area contributed by atoms with Crippen LogP contribution in [-0.2, 0) is 9.59 Å². The van der Waals surface area contributed by atoms with Crippen molar-refractivity contribution >= 4 is 33.4 Å². The lowest BCUT2D eigenvalue weighted by Gasteiger charge is -2.11. The van der Waals surface area contributed by atoms with E-state index in [1.54, 1.807) is 0 Å². The van der Waals surface area contributed by atoms with E-state index in [1.807, 2.05) is 38.1 Å². The highest BCUT2D eigenvalue weighted by atomic mass is 79.9. The molecule has 5 heteroatoms. The Morgan fingerprint density at radius 1 is 1.30 bits per heavy atom. The summed E-state index contributed by atoms with van der Waals surface area (Å²) in [6.07, 6.45) is 1.53. The van der Waals surface area contributed by atoms with E-state index in [9.17, 15) is 9.59 Å². The largest absolute Gasteiger partial charge is 0.353 e. The zero-order valence-electron chi connectivity index (χ0n) is 11.7. The standard InChI is InChI=1S/C15H19BrN2O2/c1-3-9(2)17-14(19)10-8-11(10)15(20)18-13-7-5-4-6-12(13)16/h4-7,9-11H,3,8H2,1-2H3,(H,17,19)(H,18,20). The lowest BCUT2D eigenvalue weighted by atomic mass is 10.2. The Balaban J connectivity index is 1.87. The van der Waals surface area contributed by atoms with Crippen molar-refractivity contribution in [1.29, 1.82) is 0 Å². The number of halogens is 1. The monoisotopic (exact) mass is 338 g/mol. The first kappa shape index (κ1) is 15.0. The molecule has 20 heavy (non-hydrogen) atoms. The van der Waals surface area contributed by atoms with Crippen LogP contribution in [0.25, 0.3) is 0 Å². The molecule has 1 aromatic rings. The first-order valence-corrected chi connectivity index (χ1v) is 7.68. The van der Waals surface area contributed by atoms with E-state index in [0.29, 0.717) is 6.42 Å². The Kier molecular flexibility index (Phi) is 4.81. The van der Waals surface area contributed by atoms with Crippen LogP contribution >= 0.6 is 15.9 Å². The van der Waals surface area contributed by atoms with Crippen molar-refractivity contribution in [2.45, 2.75) is 32.7 Å². The van der Waals surface area contributed by atoms with Crippen molar-refractivity contribution in [3.05, 3.63) is 28.7 Å². The van der Waals surface area contributed by atoms with Crippen LogP contribution < -0.4 is 10.6 Å². The molecule has 1 aliphatic rings. The molecule has 0 radical (unpaired) electrons. The van der Waals surface area contributed by atoms with Crippen LogP contribution in [0, 0.1) is 11.8 Å². The Hall–Kier alpha value is -1.36. The number of para-hydroxylation sites is 1. The summed E-state index contributed by atoms with van der Waals surface area (Å²) >= 11 is 3.39. The van der Waals surface area contributed by atoms with Crippen LogP contribution in [0.5, 0.6) is 0 Å². The van der Waals surface area contributed by atoms with Gasteiger partial charge in [-0.3, -0.25) is 9.59 Å². The number of amides is 2. The van der Waals surface area contributed by atoms with Crippen molar-refractivity contribution in [2.75, 3.05) is 5.32 Å². The molecular weight excluding hydrogens is 320 g/mol. The zero-order chi connectivity index (χ0) is 14.7. The maximum absolute atomic E-state index is 12.1. The molecule has 1 saturated carbocycles. The van der Waals surface area contributed by atoms with Crippen LogP contribution in [0.4, 0.5) is 5.69 Å². The number of carbonyl (C=O) groups is 2. The van der Waals surface area contributed by atoms with Crippen LogP contribution in [0.15, 0.2) is 28.7 Å². The van der Waals surface area contributed by atoms with E-state index < -0.39 is 0 Å². The van der Waals surface area contributed by atoms with Crippen LogP contribution in [0.1, 0.15) is 26.7 Å². The summed E-state index contributed by atoms with van der Waals surface area (Å²) in [5.74, 6) is -0.467. The van der Waals surface area contributed by atoms with E-state index >= 15 is 0 Å². The SMILES string of the molecule is CCC(C)NC(=O)C1CC1C(=O)Nc1ccccc1Br. The maximum Gasteiger partial charge on any atom is 0.228 e. The number of rotatable bonds is 5. The fourth-order valence-corrected chi connectivity index (χ4v) is 2.40. The number of nitrogens with one attached hydrogen (secondary N) is 2. The van der Waals surface area contributed by atoms with Crippen LogP contribution in [-0.4, -0.2) is 17.9 Å². The van der Waals surface area contributed by atoms with Gasteiger partial charge in [0.05, 0.1) is 17.5 Å². The number of hydrogen-bond acceptors (Lipinski definition) is 2. The Labute approximate surface area is 127 Å². The van der Waals surface area contributed by atoms with Gasteiger partial charge in [-0.1, -0.05) is 19.1 Å². The predicted molar refractivity (Wildman–Crippen MR) is 82.3 cm³/mol. The fraction of sp³-hybridized carbons (Fsp3) is 0.467. The molecule has 3 atom stereocenters. The van der Waals surface area contributed by atoms with Gasteiger partial charge in [0.25, 0.3) is 0 Å². The molecule has 2 amide bonds. The molecule has 0 aliphatic heterocycles. The Morgan fingerprint density at radius 3 is 2.60 bits per heavy atom. The first-order chi connectivity index (χ1) is 9.52. The third-order valence-electron chi connectivity index (χ3n) is 3.60. The van der Waals surface area contributed by atoms with Crippen molar-refractivity contribution in [3.8, 4) is 0 Å². The number of hydrogen-bond donors (Lipinski definition) is 2. The molecule has 2 rings (SSSR count). The summed E-state index contributed by atoms with van der Waals surface area (Å²) in [4.78, 5) is 24.0. The molecule has 108 valence electrons. The molecular formula is C15H19BrN2O2. The lowest BCUT2D eigenvalue weighted by molar-refractivity contribution is -0.125. The summed E-state index contributed by atoms with van der Waals surface area (Å²) in [5.41, 5.74) is 0.741. The maximum atomic E-state index is 12.1. The summed E-state index contributed by atoms with van der Waals surface area (Å²) in [7, 11) is 0. The normalized spacial score (nSPS) is 21.9. The van der Waals surface area contributed by atoms with Crippen molar-refractivity contribution in [2.24, 2.45) is 11.8 Å². The van der Waals surface area contributed by atoms with Gasteiger partial charge >= 0.3 is 0 Å². The van der Waals surface area contributed by atoms with Gasteiger partial charge in [-0.05, 0) is 47.8 Å². The van der Waals surface area contributed by atoms with Gasteiger partial charge in [-0.15, -0.1) is 0 Å². The van der Waals surface area contributed by atoms with Gasteiger partial charge in [-0.2, -0.15) is 0 Å². The molecule has 1 aromatic carbocycles. The molecule has 0 heterocycles. The molecule has 0 aromatic heterocycles. The van der Waals surface area contributed by atoms with Gasteiger partial charge in [0.1, 0.15) is 0 Å². The van der Waals surface area contributed by atoms with Crippen LogP contribution in [0.3, 0.4) is 0 Å². The minimum absolute atomic E-state index is 0.00775. The Morgan fingerprint density at radius 2 is 1.95 bits per heavy atom. The quantitative estimate of drug-likeness (QED) is 0.867. The molecule has 2 N–H and O–H groups in total. The lowest BCUT2D eigenvalue weighted by Crippen LogP contribution is -2.34. The van der Waals surface area contributed by atoms with E-state index in [2.05, 4.69) is 26.6 Å². The topological polar surface area (TPSA) is 58.2 Å². The molecule has 0 saturated heterocycles. The summed E-state index contributed by atoms with van der Waals surface area (Å²) in [5, 5.41) is 5.78. The minimum atomic E-state index is -0.203. The Bertz CT molecular complexity index is 518. The summed E-state index contributed by atoms with van der Waals surface area (Å²) in [6, 6.07) is 7.61. The molecule has 1 fully saturated rings. The number of anilines is 1. The van der Waals surface area contributed by atoms with Crippen LogP contribution in [0.2, 0.25) is 0 Å². The second kappa shape index (κ2) is 6.39. The minimum Gasteiger partial charge on any atom is -0.353 e. The average molecular weight is 339 g/mol. The average Bonchev–Trinajstić information content (AvgIpc) is 3.21. The predicted octanol–water partition coefficient (Wildman–Crippen LogP) is 2.94. The van der Waals surface area contributed by atoms with Gasteiger partial charge in [0.2, 0.25) is 11.8 Å². The molecule has 0 bridgehead atoms.